The van der Waals surface area contributed by atoms with E-state index in [1.807, 2.05) is 0 Å². The Morgan fingerprint density at radius 1 is 1.08 bits per heavy atom. The molecule has 0 aromatic heterocycles. The highest BCUT2D eigenvalue weighted by Crippen LogP contribution is 2.35. The van der Waals surface area contributed by atoms with Crippen LogP contribution in [0.15, 0.2) is 0 Å². The highest BCUT2D eigenvalue weighted by atomic mass is 16.5. The van der Waals surface area contributed by atoms with Crippen LogP contribution in [-0.4, -0.2) is 18.0 Å². The SMILES string of the molecule is O=C1CCCC[C@]12CCCCO2. The van der Waals surface area contributed by atoms with Crippen molar-refractivity contribution in [1.82, 2.24) is 0 Å². The summed E-state index contributed by atoms with van der Waals surface area (Å²) in [4.78, 5) is 11.6. The average Bonchev–Trinajstić information content (AvgIpc) is 2.12. The number of Topliss-reactive ketones (excluding diaryl/α,β-unsaturated/α-hetero) is 1. The molecule has 2 nitrogen and oxygen atoms in total. The Morgan fingerprint density at radius 3 is 2.50 bits per heavy atom. The van der Waals surface area contributed by atoms with Crippen molar-refractivity contribution in [2.24, 2.45) is 0 Å². The number of ether oxygens (including phenoxy) is 1. The van der Waals surface area contributed by atoms with Crippen molar-refractivity contribution in [2.45, 2.75) is 50.5 Å². The third-order valence-electron chi connectivity index (χ3n) is 3.10. The molecule has 68 valence electrons. The fourth-order valence-electron chi connectivity index (χ4n) is 2.33. The Hall–Kier alpha value is -0.370. The van der Waals surface area contributed by atoms with E-state index < -0.39 is 0 Å². The lowest BCUT2D eigenvalue weighted by atomic mass is 9.79. The smallest absolute Gasteiger partial charge is 0.164 e. The summed E-state index contributed by atoms with van der Waals surface area (Å²) < 4.78 is 5.67. The molecule has 2 rings (SSSR count). The first kappa shape index (κ1) is 8.24. The molecule has 0 amide bonds. The minimum absolute atomic E-state index is 0.323. The lowest BCUT2D eigenvalue weighted by Crippen LogP contribution is -2.46. The van der Waals surface area contributed by atoms with E-state index in [9.17, 15) is 4.79 Å². The van der Waals surface area contributed by atoms with E-state index >= 15 is 0 Å². The summed E-state index contributed by atoms with van der Waals surface area (Å²) in [7, 11) is 0. The molecule has 0 N–H and O–H groups in total. The molecule has 0 aromatic carbocycles. The number of ketones is 1. The van der Waals surface area contributed by atoms with Gasteiger partial charge in [-0.3, -0.25) is 4.79 Å². The Labute approximate surface area is 73.3 Å². The molecule has 1 atom stereocenters. The van der Waals surface area contributed by atoms with E-state index in [4.69, 9.17) is 4.74 Å². The van der Waals surface area contributed by atoms with Crippen molar-refractivity contribution >= 4 is 5.78 Å². The second kappa shape index (κ2) is 3.17. The monoisotopic (exact) mass is 168 g/mol. The van der Waals surface area contributed by atoms with Crippen LogP contribution in [0.3, 0.4) is 0 Å². The van der Waals surface area contributed by atoms with Crippen LogP contribution in [0.2, 0.25) is 0 Å². The average molecular weight is 168 g/mol. The normalized spacial score (nSPS) is 37.2. The Kier molecular flexibility index (Phi) is 2.18. The second-order valence-corrected chi connectivity index (χ2v) is 3.93. The third kappa shape index (κ3) is 1.28. The molecule has 2 fully saturated rings. The first-order valence-corrected chi connectivity index (χ1v) is 5.01. The van der Waals surface area contributed by atoms with Gasteiger partial charge in [-0.15, -0.1) is 0 Å². The molecule has 0 bridgehead atoms. The molecule has 2 aliphatic rings. The third-order valence-corrected chi connectivity index (χ3v) is 3.10. The minimum atomic E-state index is -0.323. The fraction of sp³-hybridized carbons (Fsp3) is 0.900. The van der Waals surface area contributed by atoms with Gasteiger partial charge < -0.3 is 4.74 Å². The predicted octanol–water partition coefficient (Wildman–Crippen LogP) is 2.07. The zero-order valence-electron chi connectivity index (χ0n) is 7.47. The number of carbonyl (C=O) groups excluding carboxylic acids is 1. The van der Waals surface area contributed by atoms with Crippen molar-refractivity contribution < 1.29 is 9.53 Å². The zero-order chi connectivity index (χ0) is 8.44. The van der Waals surface area contributed by atoms with Crippen molar-refractivity contribution in [1.29, 1.82) is 0 Å². The largest absolute Gasteiger partial charge is 0.367 e. The van der Waals surface area contributed by atoms with Gasteiger partial charge in [0.2, 0.25) is 0 Å². The van der Waals surface area contributed by atoms with E-state index in [1.165, 1.54) is 12.8 Å². The van der Waals surface area contributed by atoms with E-state index in [0.29, 0.717) is 5.78 Å². The molecular formula is C10H16O2. The molecule has 0 aromatic rings. The van der Waals surface area contributed by atoms with Crippen LogP contribution in [-0.2, 0) is 9.53 Å². The Balaban J connectivity index is 2.09. The van der Waals surface area contributed by atoms with E-state index in [0.717, 1.165) is 38.7 Å². The maximum Gasteiger partial charge on any atom is 0.164 e. The van der Waals surface area contributed by atoms with Crippen LogP contribution in [0.4, 0.5) is 0 Å². The first-order chi connectivity index (χ1) is 5.83. The zero-order valence-corrected chi connectivity index (χ0v) is 7.47. The van der Waals surface area contributed by atoms with Gasteiger partial charge in [-0.25, -0.2) is 0 Å². The van der Waals surface area contributed by atoms with Gasteiger partial charge in [-0.1, -0.05) is 0 Å². The molecule has 1 saturated heterocycles. The summed E-state index contributed by atoms with van der Waals surface area (Å²) in [5, 5.41) is 0. The second-order valence-electron chi connectivity index (χ2n) is 3.93. The highest BCUT2D eigenvalue weighted by Gasteiger charge is 2.41. The minimum Gasteiger partial charge on any atom is -0.367 e. The van der Waals surface area contributed by atoms with Crippen LogP contribution >= 0.6 is 0 Å². The molecule has 1 aliphatic carbocycles. The highest BCUT2D eigenvalue weighted by molar-refractivity contribution is 5.88. The standard InChI is InChI=1S/C10H16O2/c11-9-5-1-2-6-10(9)7-3-4-8-12-10/h1-8H2/t10-/m0/s1. The van der Waals surface area contributed by atoms with Gasteiger partial charge in [-0.2, -0.15) is 0 Å². The van der Waals surface area contributed by atoms with Crippen molar-refractivity contribution in [3.63, 3.8) is 0 Å². The summed E-state index contributed by atoms with van der Waals surface area (Å²) in [6, 6.07) is 0. The fourth-order valence-corrected chi connectivity index (χ4v) is 2.33. The number of carbonyl (C=O) groups is 1. The summed E-state index contributed by atoms with van der Waals surface area (Å²) in [6.45, 7) is 0.797. The molecular weight excluding hydrogens is 152 g/mol. The number of hydrogen-bond donors (Lipinski definition) is 0. The predicted molar refractivity (Wildman–Crippen MR) is 46.0 cm³/mol. The number of rotatable bonds is 0. The molecule has 2 heteroatoms. The number of hydrogen-bond acceptors (Lipinski definition) is 2. The van der Waals surface area contributed by atoms with Gasteiger partial charge in [0, 0.05) is 13.0 Å². The lowest BCUT2D eigenvalue weighted by Gasteiger charge is -2.38. The molecule has 1 heterocycles. The van der Waals surface area contributed by atoms with Crippen molar-refractivity contribution in [3.05, 3.63) is 0 Å². The maximum absolute atomic E-state index is 11.6. The molecule has 0 unspecified atom stereocenters. The van der Waals surface area contributed by atoms with E-state index in [-0.39, 0.29) is 5.60 Å². The van der Waals surface area contributed by atoms with Crippen LogP contribution in [0.25, 0.3) is 0 Å². The quantitative estimate of drug-likeness (QED) is 0.553. The summed E-state index contributed by atoms with van der Waals surface area (Å²) in [6.07, 6.45) is 7.26. The summed E-state index contributed by atoms with van der Waals surface area (Å²) >= 11 is 0. The van der Waals surface area contributed by atoms with Gasteiger partial charge in [0.25, 0.3) is 0 Å². The van der Waals surface area contributed by atoms with Gasteiger partial charge in [0.1, 0.15) is 5.60 Å². The van der Waals surface area contributed by atoms with Gasteiger partial charge in [0.05, 0.1) is 0 Å². The molecule has 1 aliphatic heterocycles. The topological polar surface area (TPSA) is 26.3 Å². The van der Waals surface area contributed by atoms with E-state index in [1.54, 1.807) is 0 Å². The Bertz CT molecular complexity index is 172. The first-order valence-electron chi connectivity index (χ1n) is 5.01. The van der Waals surface area contributed by atoms with Crippen molar-refractivity contribution in [3.8, 4) is 0 Å². The van der Waals surface area contributed by atoms with Gasteiger partial charge in [0.15, 0.2) is 5.78 Å². The Morgan fingerprint density at radius 2 is 1.83 bits per heavy atom. The van der Waals surface area contributed by atoms with Crippen LogP contribution in [0.1, 0.15) is 44.9 Å². The van der Waals surface area contributed by atoms with Crippen molar-refractivity contribution in [2.75, 3.05) is 6.61 Å². The van der Waals surface area contributed by atoms with Crippen LogP contribution in [0, 0.1) is 0 Å². The maximum atomic E-state index is 11.6. The lowest BCUT2D eigenvalue weighted by molar-refractivity contribution is -0.156. The summed E-state index contributed by atoms with van der Waals surface area (Å²) in [5.74, 6) is 0.369. The molecule has 12 heavy (non-hydrogen) atoms. The molecule has 1 spiro atoms. The molecule has 0 radical (unpaired) electrons. The van der Waals surface area contributed by atoms with E-state index in [2.05, 4.69) is 0 Å². The van der Waals surface area contributed by atoms with Gasteiger partial charge in [-0.05, 0) is 38.5 Å². The van der Waals surface area contributed by atoms with Crippen LogP contribution in [0.5, 0.6) is 0 Å². The molecule has 1 saturated carbocycles. The van der Waals surface area contributed by atoms with Crippen LogP contribution < -0.4 is 0 Å². The summed E-state index contributed by atoms with van der Waals surface area (Å²) in [5.41, 5.74) is -0.323. The van der Waals surface area contributed by atoms with Gasteiger partial charge >= 0.3 is 0 Å².